The van der Waals surface area contributed by atoms with Gasteiger partial charge in [0.15, 0.2) is 0 Å². The van der Waals surface area contributed by atoms with Crippen molar-refractivity contribution in [3.05, 3.63) is 24.3 Å². The fourth-order valence-corrected chi connectivity index (χ4v) is 3.07. The highest BCUT2D eigenvalue weighted by molar-refractivity contribution is 6.20. The molecule has 19 heavy (non-hydrogen) atoms. The third-order valence-corrected chi connectivity index (χ3v) is 4.46. The second-order valence-corrected chi connectivity index (χ2v) is 5.79. The molecule has 0 bridgehead atoms. The van der Waals surface area contributed by atoms with Crippen LogP contribution in [0.4, 0.5) is 0 Å². The summed E-state index contributed by atoms with van der Waals surface area (Å²) < 4.78 is 10.9. The maximum Gasteiger partial charge on any atom is 0.119 e. The lowest BCUT2D eigenvalue weighted by Crippen LogP contribution is -2.16. The molecule has 1 aromatic carbocycles. The van der Waals surface area contributed by atoms with Crippen LogP contribution in [0.25, 0.3) is 0 Å². The van der Waals surface area contributed by atoms with Crippen LogP contribution in [0.1, 0.15) is 38.5 Å². The molecule has 3 heteroatoms. The second-order valence-electron chi connectivity index (χ2n) is 5.23. The molecule has 0 aromatic heterocycles. The Morgan fingerprint density at radius 1 is 1.05 bits per heavy atom. The van der Waals surface area contributed by atoms with Gasteiger partial charge in [0.1, 0.15) is 11.5 Å². The van der Waals surface area contributed by atoms with Crippen molar-refractivity contribution >= 4 is 11.6 Å². The maximum atomic E-state index is 6.44. The van der Waals surface area contributed by atoms with Crippen molar-refractivity contribution in [2.24, 2.45) is 5.92 Å². The number of hydrogen-bond donors (Lipinski definition) is 0. The van der Waals surface area contributed by atoms with Crippen LogP contribution in [0.3, 0.4) is 0 Å². The smallest absolute Gasteiger partial charge is 0.119 e. The maximum absolute atomic E-state index is 6.44. The Balaban J connectivity index is 1.75. The van der Waals surface area contributed by atoms with Crippen molar-refractivity contribution in [3.8, 4) is 11.5 Å². The largest absolute Gasteiger partial charge is 0.497 e. The lowest BCUT2D eigenvalue weighted by molar-refractivity contribution is 0.268. The lowest BCUT2D eigenvalue weighted by Gasteiger charge is -2.19. The molecule has 2 unspecified atom stereocenters. The minimum Gasteiger partial charge on any atom is -0.497 e. The molecular weight excluding hydrogens is 260 g/mol. The number of benzene rings is 1. The van der Waals surface area contributed by atoms with E-state index in [2.05, 4.69) is 0 Å². The van der Waals surface area contributed by atoms with Crippen molar-refractivity contribution in [3.63, 3.8) is 0 Å². The SMILES string of the molecule is COc1ccc(OCCC2CCCCCC2Cl)cc1. The number of methoxy groups -OCH3 is 1. The fraction of sp³-hybridized carbons (Fsp3) is 0.625. The molecular formula is C16H23ClO2. The third kappa shape index (κ3) is 4.61. The molecule has 1 aliphatic carbocycles. The van der Waals surface area contributed by atoms with Gasteiger partial charge in [-0.3, -0.25) is 0 Å². The number of ether oxygens (including phenoxy) is 2. The first-order chi connectivity index (χ1) is 9.29. The summed E-state index contributed by atoms with van der Waals surface area (Å²) in [7, 11) is 1.67. The summed E-state index contributed by atoms with van der Waals surface area (Å²) in [6.45, 7) is 0.750. The van der Waals surface area contributed by atoms with Gasteiger partial charge in [-0.05, 0) is 49.4 Å². The van der Waals surface area contributed by atoms with E-state index in [1.807, 2.05) is 24.3 Å². The van der Waals surface area contributed by atoms with Crippen molar-refractivity contribution in [2.45, 2.75) is 43.9 Å². The number of rotatable bonds is 5. The van der Waals surface area contributed by atoms with Gasteiger partial charge >= 0.3 is 0 Å². The molecule has 0 heterocycles. The quantitative estimate of drug-likeness (QED) is 0.578. The summed E-state index contributed by atoms with van der Waals surface area (Å²) in [5.41, 5.74) is 0. The van der Waals surface area contributed by atoms with Crippen LogP contribution in [-0.4, -0.2) is 19.1 Å². The van der Waals surface area contributed by atoms with Gasteiger partial charge in [-0.2, -0.15) is 0 Å². The molecule has 1 fully saturated rings. The number of halogens is 1. The molecule has 2 rings (SSSR count). The van der Waals surface area contributed by atoms with E-state index >= 15 is 0 Å². The summed E-state index contributed by atoms with van der Waals surface area (Å²) in [6.07, 6.45) is 7.40. The van der Waals surface area contributed by atoms with E-state index < -0.39 is 0 Å². The first-order valence-corrected chi connectivity index (χ1v) is 7.64. The zero-order valence-corrected chi connectivity index (χ0v) is 12.4. The molecule has 2 nitrogen and oxygen atoms in total. The van der Waals surface area contributed by atoms with Gasteiger partial charge in [0.25, 0.3) is 0 Å². The molecule has 1 aromatic rings. The van der Waals surface area contributed by atoms with Gasteiger partial charge in [0.2, 0.25) is 0 Å². The minimum atomic E-state index is 0.335. The van der Waals surface area contributed by atoms with Gasteiger partial charge in [-0.25, -0.2) is 0 Å². The summed E-state index contributed by atoms with van der Waals surface area (Å²) in [5.74, 6) is 2.37. The van der Waals surface area contributed by atoms with Gasteiger partial charge in [-0.15, -0.1) is 11.6 Å². The Morgan fingerprint density at radius 3 is 2.47 bits per heavy atom. The fourth-order valence-electron chi connectivity index (χ4n) is 2.66. The summed E-state index contributed by atoms with van der Waals surface area (Å²) in [4.78, 5) is 0. The van der Waals surface area contributed by atoms with E-state index in [-0.39, 0.29) is 0 Å². The van der Waals surface area contributed by atoms with Crippen LogP contribution in [0, 0.1) is 5.92 Å². The molecule has 0 radical (unpaired) electrons. The van der Waals surface area contributed by atoms with Crippen LogP contribution < -0.4 is 9.47 Å². The topological polar surface area (TPSA) is 18.5 Å². The molecule has 0 aliphatic heterocycles. The van der Waals surface area contributed by atoms with E-state index in [0.717, 1.165) is 30.9 Å². The molecule has 1 aliphatic rings. The molecule has 106 valence electrons. The predicted octanol–water partition coefficient (Wildman–Crippen LogP) is 4.65. The first-order valence-electron chi connectivity index (χ1n) is 7.20. The Kier molecular flexibility index (Phi) is 5.84. The normalized spacial score (nSPS) is 23.7. The summed E-state index contributed by atoms with van der Waals surface area (Å²) in [5, 5.41) is 0.335. The van der Waals surface area contributed by atoms with Crippen molar-refractivity contribution in [2.75, 3.05) is 13.7 Å². The zero-order chi connectivity index (χ0) is 13.5. The number of alkyl halides is 1. The molecule has 0 amide bonds. The van der Waals surface area contributed by atoms with Crippen LogP contribution in [-0.2, 0) is 0 Å². The van der Waals surface area contributed by atoms with Crippen molar-refractivity contribution in [1.29, 1.82) is 0 Å². The van der Waals surface area contributed by atoms with Crippen LogP contribution in [0.5, 0.6) is 11.5 Å². The monoisotopic (exact) mass is 282 g/mol. The van der Waals surface area contributed by atoms with Gasteiger partial charge in [0.05, 0.1) is 13.7 Å². The molecule has 0 spiro atoms. The highest BCUT2D eigenvalue weighted by Gasteiger charge is 2.21. The van der Waals surface area contributed by atoms with Crippen LogP contribution in [0.2, 0.25) is 0 Å². The zero-order valence-electron chi connectivity index (χ0n) is 11.6. The van der Waals surface area contributed by atoms with Gasteiger partial charge in [0, 0.05) is 5.38 Å². The average Bonchev–Trinajstić information content (AvgIpc) is 2.65. The van der Waals surface area contributed by atoms with E-state index in [1.165, 1.54) is 25.7 Å². The number of hydrogen-bond acceptors (Lipinski definition) is 2. The van der Waals surface area contributed by atoms with E-state index in [1.54, 1.807) is 7.11 Å². The van der Waals surface area contributed by atoms with Crippen molar-refractivity contribution < 1.29 is 9.47 Å². The van der Waals surface area contributed by atoms with Crippen LogP contribution in [0.15, 0.2) is 24.3 Å². The molecule has 2 atom stereocenters. The summed E-state index contributed by atoms with van der Waals surface area (Å²) >= 11 is 6.44. The Bertz CT molecular complexity index is 364. The third-order valence-electron chi connectivity index (χ3n) is 3.88. The highest BCUT2D eigenvalue weighted by Crippen LogP contribution is 2.30. The summed E-state index contributed by atoms with van der Waals surface area (Å²) in [6, 6.07) is 7.74. The van der Waals surface area contributed by atoms with Crippen molar-refractivity contribution in [1.82, 2.24) is 0 Å². The van der Waals surface area contributed by atoms with E-state index in [9.17, 15) is 0 Å². The Hall–Kier alpha value is -0.890. The molecule has 1 saturated carbocycles. The predicted molar refractivity (Wildman–Crippen MR) is 79.3 cm³/mol. The average molecular weight is 283 g/mol. The van der Waals surface area contributed by atoms with Crippen LogP contribution >= 0.6 is 11.6 Å². The lowest BCUT2D eigenvalue weighted by atomic mass is 9.97. The molecule has 0 N–H and O–H groups in total. The Labute approximate surface area is 121 Å². The van der Waals surface area contributed by atoms with Gasteiger partial charge < -0.3 is 9.47 Å². The van der Waals surface area contributed by atoms with Gasteiger partial charge in [-0.1, -0.05) is 19.3 Å². The van der Waals surface area contributed by atoms with E-state index in [0.29, 0.717) is 11.3 Å². The first kappa shape index (κ1) is 14.5. The minimum absolute atomic E-state index is 0.335. The highest BCUT2D eigenvalue weighted by atomic mass is 35.5. The molecule has 0 saturated heterocycles. The Morgan fingerprint density at radius 2 is 1.74 bits per heavy atom. The second kappa shape index (κ2) is 7.64. The van der Waals surface area contributed by atoms with E-state index in [4.69, 9.17) is 21.1 Å². The standard InChI is InChI=1S/C16H23ClO2/c1-18-14-7-9-15(10-8-14)19-12-11-13-5-3-2-4-6-16(13)17/h7-10,13,16H,2-6,11-12H2,1H3.